The van der Waals surface area contributed by atoms with E-state index in [0.29, 0.717) is 22.8 Å². The molecule has 1 saturated heterocycles. The molecule has 0 radical (unpaired) electrons. The number of ketones is 1. The summed E-state index contributed by atoms with van der Waals surface area (Å²) in [7, 11) is 5.35. The molecule has 28 heavy (non-hydrogen) atoms. The quantitative estimate of drug-likeness (QED) is 0.748. The van der Waals surface area contributed by atoms with E-state index in [0.717, 1.165) is 42.8 Å². The van der Waals surface area contributed by atoms with Gasteiger partial charge >= 0.3 is 0 Å². The van der Waals surface area contributed by atoms with Crippen LogP contribution in [0.2, 0.25) is 0 Å². The molecule has 0 saturated carbocycles. The first-order chi connectivity index (χ1) is 13.6. The minimum Gasteiger partial charge on any atom is -0.496 e. The third-order valence-corrected chi connectivity index (χ3v) is 5.57. The van der Waals surface area contributed by atoms with E-state index >= 15 is 0 Å². The maximum atomic E-state index is 13.1. The average Bonchev–Trinajstić information content (AvgIpc) is 3.04. The minimum absolute atomic E-state index is 0.146. The van der Waals surface area contributed by atoms with Gasteiger partial charge in [-0.1, -0.05) is 30.3 Å². The molecule has 2 heterocycles. The van der Waals surface area contributed by atoms with Gasteiger partial charge in [-0.25, -0.2) is 0 Å². The number of likely N-dealkylation sites (tertiary alicyclic amines) is 1. The highest BCUT2D eigenvalue weighted by Gasteiger charge is 2.38. The lowest BCUT2D eigenvalue weighted by Crippen LogP contribution is -2.29. The molecule has 0 N–H and O–H groups in total. The van der Waals surface area contributed by atoms with Crippen LogP contribution in [0.5, 0.6) is 17.2 Å². The molecule has 146 valence electrons. The van der Waals surface area contributed by atoms with Crippen molar-refractivity contribution in [2.45, 2.75) is 18.8 Å². The number of Topliss-reactive ketones (excluding diaryl/α,β-unsaturated/α-hetero) is 1. The Morgan fingerprint density at radius 3 is 2.39 bits per heavy atom. The Hall–Kier alpha value is -2.79. The van der Waals surface area contributed by atoms with E-state index < -0.39 is 0 Å². The molecule has 0 amide bonds. The van der Waals surface area contributed by atoms with Gasteiger partial charge in [0.05, 0.1) is 14.2 Å². The minimum atomic E-state index is -0.146. The monoisotopic (exact) mass is 379 g/mol. The molecule has 0 atom stereocenters. The summed E-state index contributed by atoms with van der Waals surface area (Å²) in [5, 5.41) is 0. The van der Waals surface area contributed by atoms with E-state index in [9.17, 15) is 4.79 Å². The molecule has 0 bridgehead atoms. The lowest BCUT2D eigenvalue weighted by Gasteiger charge is -2.30. The molecule has 2 aromatic carbocycles. The third kappa shape index (κ3) is 3.27. The predicted molar refractivity (Wildman–Crippen MR) is 108 cm³/mol. The van der Waals surface area contributed by atoms with Crippen LogP contribution in [0.15, 0.2) is 42.2 Å². The number of fused-ring (bicyclic) bond motifs is 1. The number of piperidine rings is 1. The number of methoxy groups -OCH3 is 2. The Morgan fingerprint density at radius 1 is 1.07 bits per heavy atom. The Labute approximate surface area is 165 Å². The molecule has 0 aromatic heterocycles. The SMILES string of the molecule is COc1cc(OC)c(C2CCN(C)CC2)c2c1C(=O)C(=Cc1ccccc1)O2. The number of allylic oxidation sites excluding steroid dienone is 1. The lowest BCUT2D eigenvalue weighted by atomic mass is 9.86. The first-order valence-electron chi connectivity index (χ1n) is 9.59. The molecule has 2 aromatic rings. The maximum absolute atomic E-state index is 13.1. The normalized spacial score (nSPS) is 18.8. The van der Waals surface area contributed by atoms with Crippen LogP contribution in [0.3, 0.4) is 0 Å². The van der Waals surface area contributed by atoms with E-state index in [1.54, 1.807) is 20.3 Å². The molecule has 0 unspecified atom stereocenters. The number of hydrogen-bond acceptors (Lipinski definition) is 5. The summed E-state index contributed by atoms with van der Waals surface area (Å²) in [4.78, 5) is 15.5. The van der Waals surface area contributed by atoms with Crippen molar-refractivity contribution in [1.29, 1.82) is 0 Å². The second-order valence-electron chi connectivity index (χ2n) is 7.33. The number of benzene rings is 2. The summed E-state index contributed by atoms with van der Waals surface area (Å²) in [6.07, 6.45) is 3.79. The summed E-state index contributed by atoms with van der Waals surface area (Å²) in [6, 6.07) is 11.5. The highest BCUT2D eigenvalue weighted by molar-refractivity contribution is 6.16. The summed E-state index contributed by atoms with van der Waals surface area (Å²) in [5.41, 5.74) is 2.40. The number of carbonyl (C=O) groups excluding carboxylic acids is 1. The van der Waals surface area contributed by atoms with Crippen molar-refractivity contribution in [3.8, 4) is 17.2 Å². The fraction of sp³-hybridized carbons (Fsp3) is 0.348. The van der Waals surface area contributed by atoms with Crippen molar-refractivity contribution in [1.82, 2.24) is 4.90 Å². The first-order valence-corrected chi connectivity index (χ1v) is 9.59. The van der Waals surface area contributed by atoms with Crippen LogP contribution in [0.4, 0.5) is 0 Å². The van der Waals surface area contributed by atoms with E-state index in [1.165, 1.54) is 0 Å². The van der Waals surface area contributed by atoms with E-state index in [4.69, 9.17) is 14.2 Å². The van der Waals surface area contributed by atoms with Crippen LogP contribution < -0.4 is 14.2 Å². The molecule has 5 heteroatoms. The molecule has 1 fully saturated rings. The van der Waals surface area contributed by atoms with Crippen LogP contribution in [-0.2, 0) is 0 Å². The second-order valence-corrected chi connectivity index (χ2v) is 7.33. The topological polar surface area (TPSA) is 48.0 Å². The standard InChI is InChI=1S/C23H25NO4/c1-24-11-9-16(10-12-24)20-17(26-2)14-18(27-3)21-22(25)19(28-23(20)21)13-15-7-5-4-6-8-15/h4-8,13-14,16H,9-12H2,1-3H3. The van der Waals surface area contributed by atoms with Gasteiger partial charge < -0.3 is 19.1 Å². The van der Waals surface area contributed by atoms with Gasteiger partial charge in [0, 0.05) is 11.6 Å². The van der Waals surface area contributed by atoms with Crippen LogP contribution in [0.25, 0.3) is 6.08 Å². The smallest absolute Gasteiger partial charge is 0.235 e. The average molecular weight is 379 g/mol. The Balaban J connectivity index is 1.81. The van der Waals surface area contributed by atoms with Crippen molar-refractivity contribution in [3.05, 3.63) is 58.8 Å². The van der Waals surface area contributed by atoms with E-state index in [1.807, 2.05) is 36.4 Å². The van der Waals surface area contributed by atoms with Crippen molar-refractivity contribution >= 4 is 11.9 Å². The van der Waals surface area contributed by atoms with Gasteiger partial charge in [0.15, 0.2) is 5.76 Å². The van der Waals surface area contributed by atoms with Crippen LogP contribution in [0.1, 0.15) is 40.2 Å². The maximum Gasteiger partial charge on any atom is 0.235 e. The molecule has 4 rings (SSSR count). The fourth-order valence-electron chi connectivity index (χ4n) is 4.04. The number of rotatable bonds is 4. The van der Waals surface area contributed by atoms with Gasteiger partial charge in [-0.3, -0.25) is 4.79 Å². The Morgan fingerprint density at radius 2 is 1.75 bits per heavy atom. The van der Waals surface area contributed by atoms with Gasteiger partial charge in [-0.05, 0) is 50.5 Å². The number of carbonyl (C=O) groups is 1. The van der Waals surface area contributed by atoms with E-state index in [-0.39, 0.29) is 11.7 Å². The summed E-state index contributed by atoms with van der Waals surface area (Å²) >= 11 is 0. The summed E-state index contributed by atoms with van der Waals surface area (Å²) in [6.45, 7) is 2.02. The van der Waals surface area contributed by atoms with Gasteiger partial charge in [0.1, 0.15) is 22.8 Å². The largest absolute Gasteiger partial charge is 0.496 e. The number of ether oxygens (including phenoxy) is 3. The van der Waals surface area contributed by atoms with E-state index in [2.05, 4.69) is 11.9 Å². The fourth-order valence-corrected chi connectivity index (χ4v) is 4.04. The highest BCUT2D eigenvalue weighted by atomic mass is 16.5. The molecule has 5 nitrogen and oxygen atoms in total. The zero-order valence-electron chi connectivity index (χ0n) is 16.5. The van der Waals surface area contributed by atoms with Crippen molar-refractivity contribution < 1.29 is 19.0 Å². The second kappa shape index (κ2) is 7.68. The molecule has 0 spiro atoms. The summed E-state index contributed by atoms with van der Waals surface area (Å²) < 4.78 is 17.3. The summed E-state index contributed by atoms with van der Waals surface area (Å²) in [5.74, 6) is 2.27. The van der Waals surface area contributed by atoms with Crippen molar-refractivity contribution in [2.24, 2.45) is 0 Å². The zero-order chi connectivity index (χ0) is 19.7. The first kappa shape index (κ1) is 18.6. The van der Waals surface area contributed by atoms with Gasteiger partial charge in [-0.2, -0.15) is 0 Å². The third-order valence-electron chi connectivity index (χ3n) is 5.57. The Kier molecular flexibility index (Phi) is 5.09. The lowest BCUT2D eigenvalue weighted by molar-refractivity contribution is 0.101. The molecule has 2 aliphatic rings. The van der Waals surface area contributed by atoms with Crippen molar-refractivity contribution in [3.63, 3.8) is 0 Å². The Bertz CT molecular complexity index is 912. The number of hydrogen-bond donors (Lipinski definition) is 0. The number of nitrogens with zero attached hydrogens (tertiary/aromatic N) is 1. The zero-order valence-corrected chi connectivity index (χ0v) is 16.5. The highest BCUT2D eigenvalue weighted by Crippen LogP contribution is 2.50. The van der Waals surface area contributed by atoms with Gasteiger partial charge in [-0.15, -0.1) is 0 Å². The predicted octanol–water partition coefficient (Wildman–Crippen LogP) is 4.13. The van der Waals surface area contributed by atoms with Gasteiger partial charge in [0.25, 0.3) is 0 Å². The van der Waals surface area contributed by atoms with Crippen LogP contribution in [0, 0.1) is 0 Å². The molecule has 0 aliphatic carbocycles. The molecular formula is C23H25NO4. The van der Waals surface area contributed by atoms with Gasteiger partial charge in [0.2, 0.25) is 5.78 Å². The van der Waals surface area contributed by atoms with Crippen LogP contribution >= 0.6 is 0 Å². The molecule has 2 aliphatic heterocycles. The van der Waals surface area contributed by atoms with Crippen molar-refractivity contribution in [2.75, 3.05) is 34.4 Å². The molecular weight excluding hydrogens is 354 g/mol. The van der Waals surface area contributed by atoms with Crippen LogP contribution in [-0.4, -0.2) is 45.0 Å².